The third-order valence-corrected chi connectivity index (χ3v) is 4.58. The minimum atomic E-state index is -0.661. The van der Waals surface area contributed by atoms with Crippen molar-refractivity contribution in [2.24, 2.45) is 5.73 Å². The van der Waals surface area contributed by atoms with Crippen LogP contribution < -0.4 is 11.3 Å². The smallest absolute Gasteiger partial charge is 0.266 e. The lowest BCUT2D eigenvalue weighted by Crippen LogP contribution is -2.23. The van der Waals surface area contributed by atoms with Crippen molar-refractivity contribution in [1.82, 2.24) is 19.2 Å². The molecular formula is C12H9Cl2N5O2S. The van der Waals surface area contributed by atoms with Crippen molar-refractivity contribution in [2.45, 2.75) is 13.5 Å². The molecule has 0 aliphatic rings. The van der Waals surface area contributed by atoms with Gasteiger partial charge in [0.15, 0.2) is 10.1 Å². The van der Waals surface area contributed by atoms with Crippen LogP contribution in [0.2, 0.25) is 10.2 Å². The van der Waals surface area contributed by atoms with Crippen molar-refractivity contribution in [1.29, 1.82) is 0 Å². The summed E-state index contributed by atoms with van der Waals surface area (Å²) >= 11 is 12.8. The van der Waals surface area contributed by atoms with E-state index in [2.05, 4.69) is 10.1 Å². The number of carbonyl (C=O) groups excluding carboxylic acids is 1. The van der Waals surface area contributed by atoms with Gasteiger partial charge in [0.1, 0.15) is 5.69 Å². The summed E-state index contributed by atoms with van der Waals surface area (Å²) < 4.78 is 2.70. The number of rotatable bonds is 3. The Morgan fingerprint density at radius 3 is 2.77 bits per heavy atom. The summed E-state index contributed by atoms with van der Waals surface area (Å²) in [6, 6.07) is 1.33. The van der Waals surface area contributed by atoms with Gasteiger partial charge in [-0.1, -0.05) is 23.2 Å². The lowest BCUT2D eigenvalue weighted by Gasteiger charge is -2.02. The first-order valence-electron chi connectivity index (χ1n) is 6.07. The van der Waals surface area contributed by atoms with Crippen molar-refractivity contribution >= 4 is 45.4 Å². The van der Waals surface area contributed by atoms with Gasteiger partial charge in [0.05, 0.1) is 17.3 Å². The number of thiazole rings is 1. The number of hydrogen-bond acceptors (Lipinski definition) is 5. The molecule has 2 N–H and O–H groups in total. The number of nitrogens with two attached hydrogens (primary N) is 1. The Bertz CT molecular complexity index is 939. The zero-order valence-corrected chi connectivity index (χ0v) is 13.5. The van der Waals surface area contributed by atoms with Crippen LogP contribution in [0.5, 0.6) is 0 Å². The molecule has 0 unspecified atom stereocenters. The quantitative estimate of drug-likeness (QED) is 0.771. The maximum absolute atomic E-state index is 12.2. The van der Waals surface area contributed by atoms with Crippen LogP contribution in [0.15, 0.2) is 17.1 Å². The molecule has 0 radical (unpaired) electrons. The van der Waals surface area contributed by atoms with Crippen molar-refractivity contribution in [3.05, 3.63) is 49.1 Å². The van der Waals surface area contributed by atoms with Crippen LogP contribution >= 0.6 is 34.5 Å². The molecule has 0 bridgehead atoms. The molecule has 0 aromatic carbocycles. The number of aromatic nitrogens is 4. The first-order chi connectivity index (χ1) is 10.4. The molecule has 0 spiro atoms. The number of fused-ring (bicyclic) bond motifs is 1. The van der Waals surface area contributed by atoms with Crippen molar-refractivity contribution < 1.29 is 4.79 Å². The average Bonchev–Trinajstić information content (AvgIpc) is 2.89. The van der Waals surface area contributed by atoms with Gasteiger partial charge in [0, 0.05) is 17.1 Å². The first kappa shape index (κ1) is 15.0. The average molecular weight is 358 g/mol. The molecule has 7 nitrogen and oxygen atoms in total. The number of halogens is 2. The van der Waals surface area contributed by atoms with Gasteiger partial charge in [-0.05, 0) is 6.92 Å². The predicted octanol–water partition coefficient (Wildman–Crippen LogP) is 1.71. The van der Waals surface area contributed by atoms with Gasteiger partial charge in [0.25, 0.3) is 11.5 Å². The largest absolute Gasteiger partial charge is 0.364 e. The minimum Gasteiger partial charge on any atom is -0.364 e. The molecule has 3 heterocycles. The van der Waals surface area contributed by atoms with Crippen LogP contribution in [0.1, 0.15) is 21.1 Å². The Hall–Kier alpha value is -1.90. The Kier molecular flexibility index (Phi) is 3.67. The number of carbonyl (C=O) groups is 1. The summed E-state index contributed by atoms with van der Waals surface area (Å²) in [6.45, 7) is 1.95. The number of hydrogen-bond donors (Lipinski definition) is 1. The molecule has 0 atom stereocenters. The van der Waals surface area contributed by atoms with Gasteiger partial charge < -0.3 is 5.73 Å². The van der Waals surface area contributed by atoms with Gasteiger partial charge in [-0.15, -0.1) is 11.3 Å². The van der Waals surface area contributed by atoms with E-state index in [1.165, 1.54) is 26.5 Å². The summed E-state index contributed by atoms with van der Waals surface area (Å²) in [5.74, 6) is -0.661. The third kappa shape index (κ3) is 2.49. The number of aryl methyl sites for hydroxylation is 1. The van der Waals surface area contributed by atoms with E-state index >= 15 is 0 Å². The highest BCUT2D eigenvalue weighted by atomic mass is 35.5. The zero-order valence-electron chi connectivity index (χ0n) is 11.2. The van der Waals surface area contributed by atoms with Gasteiger partial charge in [-0.3, -0.25) is 14.3 Å². The van der Waals surface area contributed by atoms with Gasteiger partial charge in [-0.25, -0.2) is 9.38 Å². The van der Waals surface area contributed by atoms with E-state index in [1.54, 1.807) is 13.1 Å². The van der Waals surface area contributed by atoms with Crippen LogP contribution in [-0.4, -0.2) is 25.1 Å². The molecule has 3 aromatic rings. The molecule has 0 saturated heterocycles. The van der Waals surface area contributed by atoms with Crippen LogP contribution in [0.3, 0.4) is 0 Å². The Morgan fingerprint density at radius 1 is 1.45 bits per heavy atom. The molecule has 0 aliphatic carbocycles. The predicted molar refractivity (Wildman–Crippen MR) is 83.9 cm³/mol. The lowest BCUT2D eigenvalue weighted by atomic mass is 10.3. The summed E-state index contributed by atoms with van der Waals surface area (Å²) in [7, 11) is 0. The number of primary amides is 1. The molecule has 1 amide bonds. The fourth-order valence-corrected chi connectivity index (χ4v) is 3.40. The van der Waals surface area contributed by atoms with E-state index < -0.39 is 5.91 Å². The Balaban J connectivity index is 2.10. The molecule has 22 heavy (non-hydrogen) atoms. The lowest BCUT2D eigenvalue weighted by molar-refractivity contribution is 0.0994. The van der Waals surface area contributed by atoms with Crippen molar-refractivity contribution in [3.63, 3.8) is 0 Å². The Morgan fingerprint density at radius 2 is 2.18 bits per heavy atom. The summed E-state index contributed by atoms with van der Waals surface area (Å²) in [5, 5.41) is 4.50. The van der Waals surface area contributed by atoms with Crippen LogP contribution in [0.25, 0.3) is 4.96 Å². The molecule has 3 aromatic heterocycles. The number of nitrogens with zero attached hydrogens (tertiary/aromatic N) is 4. The zero-order chi connectivity index (χ0) is 16.0. The van der Waals surface area contributed by atoms with Crippen LogP contribution in [-0.2, 0) is 6.54 Å². The highest BCUT2D eigenvalue weighted by Gasteiger charge is 2.17. The molecular weight excluding hydrogens is 349 g/mol. The van der Waals surface area contributed by atoms with Crippen LogP contribution in [0, 0.1) is 6.92 Å². The second-order valence-corrected chi connectivity index (χ2v) is 6.49. The highest BCUT2D eigenvalue weighted by molar-refractivity contribution is 7.17. The number of amides is 1. The minimum absolute atomic E-state index is 0.161. The fourth-order valence-electron chi connectivity index (χ4n) is 2.11. The van der Waals surface area contributed by atoms with E-state index in [4.69, 9.17) is 28.9 Å². The third-order valence-electron chi connectivity index (χ3n) is 2.98. The SMILES string of the molecule is Cc1sc2nc(Cn3cc(Cl)c(Cl)n3)cc(=O)n2c1C(N)=O. The molecule has 10 heteroatoms. The van der Waals surface area contributed by atoms with E-state index in [1.807, 2.05) is 0 Å². The Labute approximate surface area is 137 Å². The first-order valence-corrected chi connectivity index (χ1v) is 7.64. The standard InChI is InChI=1S/C12H9Cl2N5O2S/c1-5-9(11(15)21)19-8(20)2-6(16-12(19)22-5)3-18-4-7(13)10(14)17-18/h2,4H,3H2,1H3,(H2,15,21). The van der Waals surface area contributed by atoms with E-state index in [0.717, 1.165) is 0 Å². The normalized spacial score (nSPS) is 11.2. The fraction of sp³-hybridized carbons (Fsp3) is 0.167. The van der Waals surface area contributed by atoms with E-state index in [9.17, 15) is 9.59 Å². The molecule has 3 rings (SSSR count). The monoisotopic (exact) mass is 357 g/mol. The van der Waals surface area contributed by atoms with Gasteiger partial charge in [0.2, 0.25) is 0 Å². The van der Waals surface area contributed by atoms with E-state index in [0.29, 0.717) is 20.6 Å². The summed E-state index contributed by atoms with van der Waals surface area (Å²) in [4.78, 5) is 29.1. The summed E-state index contributed by atoms with van der Waals surface area (Å²) in [5.41, 5.74) is 5.58. The molecule has 114 valence electrons. The summed E-state index contributed by atoms with van der Waals surface area (Å²) in [6.07, 6.45) is 1.54. The second-order valence-electron chi connectivity index (χ2n) is 4.54. The van der Waals surface area contributed by atoms with Crippen molar-refractivity contribution in [2.75, 3.05) is 0 Å². The van der Waals surface area contributed by atoms with Gasteiger partial charge >= 0.3 is 0 Å². The maximum Gasteiger partial charge on any atom is 0.266 e. The molecule has 0 aliphatic heterocycles. The second kappa shape index (κ2) is 5.38. The van der Waals surface area contributed by atoms with Crippen molar-refractivity contribution in [3.8, 4) is 0 Å². The van der Waals surface area contributed by atoms with Crippen LogP contribution in [0.4, 0.5) is 0 Å². The van der Waals surface area contributed by atoms with E-state index in [-0.39, 0.29) is 23.0 Å². The van der Waals surface area contributed by atoms with Gasteiger partial charge in [-0.2, -0.15) is 5.10 Å². The maximum atomic E-state index is 12.2. The molecule has 0 fully saturated rings. The molecule has 0 saturated carbocycles. The topological polar surface area (TPSA) is 95.3 Å². The highest BCUT2D eigenvalue weighted by Crippen LogP contribution is 2.21.